The van der Waals surface area contributed by atoms with Gasteiger partial charge in [-0.05, 0) is 48.8 Å². The summed E-state index contributed by atoms with van der Waals surface area (Å²) in [4.78, 5) is 42.7. The van der Waals surface area contributed by atoms with Crippen LogP contribution in [-0.2, 0) is 9.59 Å². The molecule has 0 radical (unpaired) electrons. The van der Waals surface area contributed by atoms with Crippen LogP contribution in [0.25, 0.3) is 10.9 Å². The number of aromatic nitrogens is 1. The standard InChI is InChI=1S/C28H35N5O4/c1-4-17-12-28(14-29,15(2)24-19(17)13-30-27(24)36)33-26(35)21(10-16-8-9-16)32-25(34)22-11-18-20(31-22)6-5-7-23(18)37-3/h5-7,11,15-17,19,21,24,31H,4,8-10,12-13H2,1-3H3,(H,30,36)(H,32,34)(H,33,35)/t15-,17-,19+,21-,24+,28+/m0/s1. The van der Waals surface area contributed by atoms with Crippen LogP contribution in [0.2, 0.25) is 0 Å². The summed E-state index contributed by atoms with van der Waals surface area (Å²) in [6.45, 7) is 4.58. The van der Waals surface area contributed by atoms with Gasteiger partial charge in [0.15, 0.2) is 0 Å². The Balaban J connectivity index is 1.37. The highest BCUT2D eigenvalue weighted by Crippen LogP contribution is 2.47. The predicted octanol–water partition coefficient (Wildman–Crippen LogP) is 2.88. The van der Waals surface area contributed by atoms with Crippen molar-refractivity contribution in [3.8, 4) is 11.8 Å². The molecule has 3 aliphatic rings. The molecule has 3 fully saturated rings. The molecule has 37 heavy (non-hydrogen) atoms. The molecular weight excluding hydrogens is 470 g/mol. The highest BCUT2D eigenvalue weighted by atomic mass is 16.5. The van der Waals surface area contributed by atoms with Crippen LogP contribution in [0, 0.1) is 40.9 Å². The molecule has 9 heteroatoms. The van der Waals surface area contributed by atoms with Gasteiger partial charge in [0.1, 0.15) is 23.0 Å². The van der Waals surface area contributed by atoms with Crippen molar-refractivity contribution < 1.29 is 19.1 Å². The lowest BCUT2D eigenvalue weighted by Crippen LogP contribution is -2.63. The number of nitrogens with zero attached hydrogens (tertiary/aromatic N) is 1. The fourth-order valence-corrected chi connectivity index (χ4v) is 6.45. The molecular formula is C28H35N5O4. The van der Waals surface area contributed by atoms with Gasteiger partial charge < -0.3 is 25.7 Å². The summed E-state index contributed by atoms with van der Waals surface area (Å²) >= 11 is 0. The van der Waals surface area contributed by atoms with Crippen molar-refractivity contribution in [3.63, 3.8) is 0 Å². The van der Waals surface area contributed by atoms with E-state index in [0.29, 0.717) is 36.7 Å². The van der Waals surface area contributed by atoms with E-state index < -0.39 is 11.6 Å². The Bertz CT molecular complexity index is 1260. The number of nitrogens with one attached hydrogen (secondary N) is 4. The number of methoxy groups -OCH3 is 1. The predicted molar refractivity (Wildman–Crippen MR) is 137 cm³/mol. The molecule has 1 aliphatic heterocycles. The summed E-state index contributed by atoms with van der Waals surface area (Å²) in [6.07, 6.45) is 3.87. The molecule has 196 valence electrons. The molecule has 2 saturated carbocycles. The third-order valence-corrected chi connectivity index (χ3v) is 8.83. The highest BCUT2D eigenvalue weighted by Gasteiger charge is 2.56. The fourth-order valence-electron chi connectivity index (χ4n) is 6.45. The lowest BCUT2D eigenvalue weighted by Gasteiger charge is -2.47. The van der Waals surface area contributed by atoms with Crippen LogP contribution >= 0.6 is 0 Å². The Kier molecular flexibility index (Phi) is 6.61. The molecule has 5 rings (SSSR count). The van der Waals surface area contributed by atoms with E-state index in [1.54, 1.807) is 13.2 Å². The van der Waals surface area contributed by atoms with Gasteiger partial charge in [-0.1, -0.05) is 39.2 Å². The minimum atomic E-state index is -1.17. The van der Waals surface area contributed by atoms with Crippen LogP contribution in [0.4, 0.5) is 0 Å². The lowest BCUT2D eigenvalue weighted by molar-refractivity contribution is -0.131. The number of carbonyl (C=O) groups excluding carboxylic acids is 3. The monoisotopic (exact) mass is 505 g/mol. The number of aromatic amines is 1. The third-order valence-electron chi connectivity index (χ3n) is 8.83. The van der Waals surface area contributed by atoms with E-state index >= 15 is 0 Å². The maximum absolute atomic E-state index is 13.7. The first-order valence-electron chi connectivity index (χ1n) is 13.3. The summed E-state index contributed by atoms with van der Waals surface area (Å²) in [5.41, 5.74) is -0.0606. The summed E-state index contributed by atoms with van der Waals surface area (Å²) in [5.74, 6) is -0.0911. The summed E-state index contributed by atoms with van der Waals surface area (Å²) in [6, 6.07) is 8.86. The Morgan fingerprint density at radius 1 is 1.32 bits per heavy atom. The van der Waals surface area contributed by atoms with Gasteiger partial charge in [-0.3, -0.25) is 14.4 Å². The van der Waals surface area contributed by atoms with E-state index in [2.05, 4.69) is 33.9 Å². The van der Waals surface area contributed by atoms with E-state index in [-0.39, 0.29) is 41.4 Å². The lowest BCUT2D eigenvalue weighted by atomic mass is 9.59. The van der Waals surface area contributed by atoms with Gasteiger partial charge in [-0.15, -0.1) is 0 Å². The molecule has 1 aromatic carbocycles. The molecule has 4 N–H and O–H groups in total. The first-order chi connectivity index (χ1) is 17.8. The van der Waals surface area contributed by atoms with Crippen molar-refractivity contribution in [2.45, 2.75) is 57.5 Å². The third kappa shape index (κ3) is 4.54. The van der Waals surface area contributed by atoms with E-state index in [1.165, 1.54) is 0 Å². The number of rotatable bonds is 8. The van der Waals surface area contributed by atoms with E-state index in [9.17, 15) is 19.6 Å². The normalized spacial score (nSPS) is 29.6. The van der Waals surface area contributed by atoms with Crippen molar-refractivity contribution in [1.29, 1.82) is 5.26 Å². The van der Waals surface area contributed by atoms with Crippen LogP contribution in [0.5, 0.6) is 5.75 Å². The minimum absolute atomic E-state index is 0.0402. The Morgan fingerprint density at radius 3 is 2.78 bits per heavy atom. The van der Waals surface area contributed by atoms with Gasteiger partial charge in [-0.2, -0.15) is 5.26 Å². The van der Waals surface area contributed by atoms with E-state index in [1.807, 2.05) is 25.1 Å². The van der Waals surface area contributed by atoms with Gasteiger partial charge in [0.05, 0.1) is 13.2 Å². The van der Waals surface area contributed by atoms with Crippen molar-refractivity contribution >= 4 is 28.6 Å². The number of H-pyrrole nitrogens is 1. The molecule has 2 heterocycles. The molecule has 2 aromatic rings. The topological polar surface area (TPSA) is 136 Å². The Morgan fingerprint density at radius 2 is 2.11 bits per heavy atom. The van der Waals surface area contributed by atoms with Crippen molar-refractivity contribution in [3.05, 3.63) is 30.0 Å². The van der Waals surface area contributed by atoms with Gasteiger partial charge in [0, 0.05) is 29.3 Å². The second kappa shape index (κ2) is 9.73. The molecule has 6 atom stereocenters. The van der Waals surface area contributed by atoms with Crippen LogP contribution in [0.3, 0.4) is 0 Å². The number of benzene rings is 1. The number of amides is 3. The van der Waals surface area contributed by atoms with Crippen molar-refractivity contribution in [2.75, 3.05) is 13.7 Å². The average molecular weight is 506 g/mol. The molecule has 0 unspecified atom stereocenters. The van der Waals surface area contributed by atoms with Gasteiger partial charge >= 0.3 is 0 Å². The van der Waals surface area contributed by atoms with Crippen LogP contribution in [0.15, 0.2) is 24.3 Å². The second-order valence-corrected chi connectivity index (χ2v) is 11.0. The number of hydrogen-bond donors (Lipinski definition) is 4. The minimum Gasteiger partial charge on any atom is -0.496 e. The molecule has 2 aliphatic carbocycles. The molecule has 0 bridgehead atoms. The van der Waals surface area contributed by atoms with Gasteiger partial charge in [0.2, 0.25) is 11.8 Å². The zero-order valence-corrected chi connectivity index (χ0v) is 21.6. The maximum Gasteiger partial charge on any atom is 0.268 e. The summed E-state index contributed by atoms with van der Waals surface area (Å²) in [7, 11) is 1.58. The second-order valence-electron chi connectivity index (χ2n) is 11.0. The quantitative estimate of drug-likeness (QED) is 0.437. The highest BCUT2D eigenvalue weighted by molar-refractivity contribution is 6.01. The number of ether oxygens (including phenoxy) is 1. The number of hydrogen-bond acceptors (Lipinski definition) is 5. The fraction of sp³-hybridized carbons (Fsp3) is 0.571. The van der Waals surface area contributed by atoms with Gasteiger partial charge in [0.25, 0.3) is 5.91 Å². The van der Waals surface area contributed by atoms with E-state index in [4.69, 9.17) is 4.74 Å². The molecule has 1 saturated heterocycles. The average Bonchev–Trinajstić information content (AvgIpc) is 3.46. The maximum atomic E-state index is 13.7. The SMILES string of the molecule is CC[C@H]1C[C@](C#N)(NC(=O)[C@H](CC2CC2)NC(=O)c2cc3c(OC)cccc3[nH]2)[C@@H](C)[C@H]2C(=O)NC[C@H]12. The number of carbonyl (C=O) groups is 3. The summed E-state index contributed by atoms with van der Waals surface area (Å²) in [5, 5.41) is 20.0. The first-order valence-corrected chi connectivity index (χ1v) is 13.3. The summed E-state index contributed by atoms with van der Waals surface area (Å²) < 4.78 is 5.40. The van der Waals surface area contributed by atoms with Gasteiger partial charge in [-0.25, -0.2) is 0 Å². The van der Waals surface area contributed by atoms with Crippen LogP contribution < -0.4 is 20.7 Å². The Labute approximate surface area is 216 Å². The molecule has 3 amide bonds. The van der Waals surface area contributed by atoms with Crippen molar-refractivity contribution in [1.82, 2.24) is 20.9 Å². The molecule has 0 spiro atoms. The molecule has 1 aromatic heterocycles. The largest absolute Gasteiger partial charge is 0.496 e. The molecule has 9 nitrogen and oxygen atoms in total. The smallest absolute Gasteiger partial charge is 0.268 e. The van der Waals surface area contributed by atoms with Crippen LogP contribution in [-0.4, -0.2) is 47.9 Å². The zero-order valence-electron chi connectivity index (χ0n) is 21.6. The van der Waals surface area contributed by atoms with E-state index in [0.717, 1.165) is 30.2 Å². The zero-order chi connectivity index (χ0) is 26.3. The van der Waals surface area contributed by atoms with Crippen LogP contribution in [0.1, 0.15) is 56.4 Å². The number of fused-ring (bicyclic) bond motifs is 2. The van der Waals surface area contributed by atoms with Crippen molar-refractivity contribution in [2.24, 2.45) is 29.6 Å². The first kappa shape index (κ1) is 25.1. The number of nitriles is 1. The Hall–Kier alpha value is -3.54.